The van der Waals surface area contributed by atoms with E-state index in [1.54, 1.807) is 36.2 Å². The lowest BCUT2D eigenvalue weighted by molar-refractivity contribution is -0.139. The van der Waals surface area contributed by atoms with Crippen LogP contribution in [0.25, 0.3) is 0 Å². The molecule has 2 N–H and O–H groups in total. The highest BCUT2D eigenvalue weighted by molar-refractivity contribution is 5.94. The number of halogens is 6. The number of benzene rings is 1. The van der Waals surface area contributed by atoms with Crippen LogP contribution in [0.2, 0.25) is 0 Å². The highest BCUT2D eigenvalue weighted by Crippen LogP contribution is 2.38. The molecule has 0 unspecified atom stereocenters. The highest BCUT2D eigenvalue weighted by Gasteiger charge is 2.39. The van der Waals surface area contributed by atoms with E-state index in [2.05, 4.69) is 25.5 Å². The zero-order chi connectivity index (χ0) is 31.4. The quantitative estimate of drug-likeness (QED) is 0.366. The van der Waals surface area contributed by atoms with Crippen molar-refractivity contribution in [3.05, 3.63) is 47.3 Å². The molecule has 8 nitrogen and oxygen atoms in total. The molecule has 0 spiro atoms. The van der Waals surface area contributed by atoms with Gasteiger partial charge < -0.3 is 20.4 Å². The average molecular weight is 615 g/mol. The first kappa shape index (κ1) is 32.5. The first-order valence-electron chi connectivity index (χ1n) is 14.3. The van der Waals surface area contributed by atoms with Crippen molar-refractivity contribution in [1.82, 2.24) is 25.1 Å². The fourth-order valence-corrected chi connectivity index (χ4v) is 5.78. The maximum atomic E-state index is 13.8. The van der Waals surface area contributed by atoms with Crippen LogP contribution in [0, 0.1) is 11.8 Å². The van der Waals surface area contributed by atoms with Crippen LogP contribution in [0.15, 0.2) is 30.5 Å². The monoisotopic (exact) mass is 614 g/mol. The molecule has 1 saturated carbocycles. The minimum absolute atomic E-state index is 0.0882. The van der Waals surface area contributed by atoms with Gasteiger partial charge in [-0.3, -0.25) is 9.59 Å². The molecule has 0 radical (unpaired) electrons. The summed E-state index contributed by atoms with van der Waals surface area (Å²) in [5.41, 5.74) is -0.385. The first-order chi connectivity index (χ1) is 20.2. The molecule has 43 heavy (non-hydrogen) atoms. The van der Waals surface area contributed by atoms with Gasteiger partial charge in [0.1, 0.15) is 0 Å². The van der Waals surface area contributed by atoms with Crippen LogP contribution in [0.5, 0.6) is 0 Å². The second-order valence-electron chi connectivity index (χ2n) is 11.4. The van der Waals surface area contributed by atoms with Crippen LogP contribution in [-0.2, 0) is 17.4 Å². The van der Waals surface area contributed by atoms with Gasteiger partial charge in [0.25, 0.3) is 5.91 Å². The van der Waals surface area contributed by atoms with Crippen LogP contribution in [0.1, 0.15) is 60.1 Å². The van der Waals surface area contributed by atoms with Crippen LogP contribution in [0.4, 0.5) is 38.0 Å². The van der Waals surface area contributed by atoms with Crippen molar-refractivity contribution in [3.63, 3.8) is 0 Å². The number of aromatic nitrogens is 2. The Morgan fingerprint density at radius 1 is 1.02 bits per heavy atom. The Hall–Kier alpha value is -3.42. The molecule has 1 aliphatic heterocycles. The topological polar surface area (TPSA) is 90.5 Å². The SMILES string of the molecule is CN1CCC(N(C)C(=O)c2ccc(Nc3ncc(C(F)(F)F)c(C[C@@H]4CCC[C@@H]4C(=O)NCCC(F)(F)F)n3)cc2)CC1. The zero-order valence-corrected chi connectivity index (χ0v) is 24.1. The molecular weight excluding hydrogens is 578 g/mol. The van der Waals surface area contributed by atoms with Crippen molar-refractivity contribution in [2.45, 2.75) is 63.3 Å². The number of alkyl halides is 6. The molecule has 2 amide bonds. The van der Waals surface area contributed by atoms with Gasteiger partial charge in [-0.25, -0.2) is 9.97 Å². The first-order valence-corrected chi connectivity index (χ1v) is 14.3. The van der Waals surface area contributed by atoms with Crippen molar-refractivity contribution in [2.75, 3.05) is 39.0 Å². The molecule has 2 aliphatic rings. The van der Waals surface area contributed by atoms with E-state index in [1.165, 1.54) is 0 Å². The van der Waals surface area contributed by atoms with Gasteiger partial charge in [0.15, 0.2) is 0 Å². The third-order valence-electron chi connectivity index (χ3n) is 8.28. The van der Waals surface area contributed by atoms with Crippen molar-refractivity contribution >= 4 is 23.5 Å². The molecule has 1 aromatic carbocycles. The highest BCUT2D eigenvalue weighted by atomic mass is 19.4. The number of likely N-dealkylation sites (tertiary alicyclic amines) is 1. The maximum absolute atomic E-state index is 13.8. The molecule has 2 atom stereocenters. The van der Waals surface area contributed by atoms with Gasteiger partial charge in [-0.2, -0.15) is 26.3 Å². The van der Waals surface area contributed by atoms with Gasteiger partial charge in [0.2, 0.25) is 11.9 Å². The fraction of sp³-hybridized carbons (Fsp3) is 0.586. The van der Waals surface area contributed by atoms with E-state index in [-0.39, 0.29) is 30.0 Å². The van der Waals surface area contributed by atoms with Crippen LogP contribution < -0.4 is 10.6 Å². The Morgan fingerprint density at radius 2 is 1.70 bits per heavy atom. The summed E-state index contributed by atoms with van der Waals surface area (Å²) in [5.74, 6) is -2.03. The molecule has 1 saturated heterocycles. The molecule has 1 aliphatic carbocycles. The smallest absolute Gasteiger partial charge is 0.356 e. The van der Waals surface area contributed by atoms with E-state index in [9.17, 15) is 35.9 Å². The molecule has 2 heterocycles. The van der Waals surface area contributed by atoms with Crippen molar-refractivity contribution in [2.24, 2.45) is 11.8 Å². The summed E-state index contributed by atoms with van der Waals surface area (Å²) in [7, 11) is 3.83. The van der Waals surface area contributed by atoms with Gasteiger partial charge in [0, 0.05) is 43.0 Å². The number of carbonyl (C=O) groups is 2. The number of carbonyl (C=O) groups excluding carboxylic acids is 2. The lowest BCUT2D eigenvalue weighted by atomic mass is 9.89. The molecule has 2 fully saturated rings. The van der Waals surface area contributed by atoms with Crippen LogP contribution in [0.3, 0.4) is 0 Å². The molecule has 2 aromatic rings. The van der Waals surface area contributed by atoms with E-state index in [4.69, 9.17) is 0 Å². The Balaban J connectivity index is 1.44. The summed E-state index contributed by atoms with van der Waals surface area (Å²) in [6.45, 7) is 1.24. The van der Waals surface area contributed by atoms with Gasteiger partial charge in [0.05, 0.1) is 17.7 Å². The average Bonchev–Trinajstić information content (AvgIpc) is 3.40. The van der Waals surface area contributed by atoms with E-state index in [1.807, 2.05) is 7.05 Å². The lowest BCUT2D eigenvalue weighted by Gasteiger charge is -2.35. The fourth-order valence-electron chi connectivity index (χ4n) is 5.78. The Morgan fingerprint density at radius 3 is 2.33 bits per heavy atom. The number of rotatable bonds is 9. The predicted octanol–water partition coefficient (Wildman–Crippen LogP) is 5.43. The minimum Gasteiger partial charge on any atom is -0.356 e. The number of hydrogen-bond acceptors (Lipinski definition) is 6. The van der Waals surface area contributed by atoms with Crippen molar-refractivity contribution < 1.29 is 35.9 Å². The van der Waals surface area contributed by atoms with E-state index in [0.29, 0.717) is 36.7 Å². The van der Waals surface area contributed by atoms with E-state index < -0.39 is 48.6 Å². The number of nitrogens with zero attached hydrogens (tertiary/aromatic N) is 4. The summed E-state index contributed by atoms with van der Waals surface area (Å²) in [4.78, 5) is 37.5. The van der Waals surface area contributed by atoms with Crippen LogP contribution >= 0.6 is 0 Å². The van der Waals surface area contributed by atoms with Gasteiger partial charge in [-0.05, 0) is 82.4 Å². The second kappa shape index (κ2) is 13.5. The lowest BCUT2D eigenvalue weighted by Crippen LogP contribution is -2.44. The standard InChI is InChI=1S/C29H36F6N6O2/c1-40-14-10-21(11-15-40)41(2)26(43)18-6-8-20(9-7-18)38-27-37-17-23(29(33,34)35)24(39-27)16-19-4-3-5-22(19)25(42)36-13-12-28(30,31)32/h6-9,17,19,21-22H,3-5,10-16H2,1-2H3,(H,36,42)(H,37,38,39)/t19-,22-/m0/s1. The Bertz CT molecular complexity index is 1260. The number of nitrogens with one attached hydrogen (secondary N) is 2. The Labute approximate surface area is 246 Å². The minimum atomic E-state index is -4.74. The molecule has 236 valence electrons. The van der Waals surface area contributed by atoms with E-state index >= 15 is 0 Å². The zero-order valence-electron chi connectivity index (χ0n) is 24.1. The largest absolute Gasteiger partial charge is 0.419 e. The number of piperidine rings is 1. The summed E-state index contributed by atoms with van der Waals surface area (Å²) in [6.07, 6.45) is -6.68. The number of anilines is 2. The normalized spacial score (nSPS) is 20.2. The third kappa shape index (κ3) is 8.80. The van der Waals surface area contributed by atoms with Crippen LogP contribution in [-0.4, -0.2) is 77.5 Å². The number of amides is 2. The maximum Gasteiger partial charge on any atom is 0.419 e. The summed E-state index contributed by atoms with van der Waals surface area (Å²) >= 11 is 0. The molecule has 14 heteroatoms. The second-order valence-corrected chi connectivity index (χ2v) is 11.4. The third-order valence-corrected chi connectivity index (χ3v) is 8.28. The van der Waals surface area contributed by atoms with Gasteiger partial charge in [-0.1, -0.05) is 6.42 Å². The summed E-state index contributed by atoms with van der Waals surface area (Å²) < 4.78 is 78.9. The van der Waals surface area contributed by atoms with Crippen molar-refractivity contribution in [3.8, 4) is 0 Å². The van der Waals surface area contributed by atoms with E-state index in [0.717, 1.165) is 25.9 Å². The molecule has 0 bridgehead atoms. The molecular formula is C29H36F6N6O2. The van der Waals surface area contributed by atoms with Crippen molar-refractivity contribution in [1.29, 1.82) is 0 Å². The number of hydrogen-bond donors (Lipinski definition) is 2. The predicted molar refractivity (Wildman–Crippen MR) is 148 cm³/mol. The molecule has 1 aromatic heterocycles. The molecule has 4 rings (SSSR count). The summed E-state index contributed by atoms with van der Waals surface area (Å²) in [6, 6.07) is 6.64. The summed E-state index contributed by atoms with van der Waals surface area (Å²) in [5, 5.41) is 5.15. The van der Waals surface area contributed by atoms with Gasteiger partial charge >= 0.3 is 12.4 Å². The Kier molecular flexibility index (Phi) is 10.2. The van der Waals surface area contributed by atoms with Gasteiger partial charge in [-0.15, -0.1) is 0 Å².